The normalized spacial score (nSPS) is 11.7. The lowest BCUT2D eigenvalue weighted by molar-refractivity contribution is 1.25. The third-order valence-electron chi connectivity index (χ3n) is 1.46. The maximum Gasteiger partial charge on any atom is 0.00769 e. The number of alkyl halides is 1. The highest BCUT2D eigenvalue weighted by Crippen LogP contribution is 2.16. The van der Waals surface area contributed by atoms with Gasteiger partial charge in [0.1, 0.15) is 0 Å². The van der Waals surface area contributed by atoms with E-state index in [2.05, 4.69) is 50.1 Å². The van der Waals surface area contributed by atoms with Gasteiger partial charge in [-0.2, -0.15) is 0 Å². The molecule has 0 unspecified atom stereocenters. The lowest BCUT2D eigenvalue weighted by Gasteiger charge is -1.95. The van der Waals surface area contributed by atoms with Crippen LogP contribution < -0.4 is 0 Å². The van der Waals surface area contributed by atoms with E-state index in [0.717, 1.165) is 11.8 Å². The summed E-state index contributed by atoms with van der Waals surface area (Å²) < 4.78 is 1.23. The molecule has 0 saturated heterocycles. The third-order valence-corrected chi connectivity index (χ3v) is 2.48. The number of halogens is 2. The van der Waals surface area contributed by atoms with Gasteiger partial charge in [-0.15, -0.1) is 0 Å². The van der Waals surface area contributed by atoms with Crippen molar-refractivity contribution in [2.75, 3.05) is 5.33 Å². The molecular weight excluding hydrogens is 280 g/mol. The van der Waals surface area contributed by atoms with E-state index < -0.39 is 0 Å². The van der Waals surface area contributed by atoms with Crippen LogP contribution in [0.3, 0.4) is 0 Å². The van der Waals surface area contributed by atoms with Crippen LogP contribution >= 0.6 is 31.9 Å². The average Bonchev–Trinajstić information content (AvgIpc) is 2.06. The van der Waals surface area contributed by atoms with Crippen LogP contribution in [0.5, 0.6) is 0 Å². The highest BCUT2D eigenvalue weighted by atomic mass is 79.9. The van der Waals surface area contributed by atoms with Crippen molar-refractivity contribution in [3.8, 4) is 0 Å². The summed E-state index contributed by atoms with van der Waals surface area (Å²) in [6, 6.07) is 10.3. The van der Waals surface area contributed by atoms with Gasteiger partial charge in [0.15, 0.2) is 0 Å². The predicted octanol–water partition coefficient (Wildman–Crippen LogP) is 4.21. The molecule has 64 valence electrons. The first-order valence-corrected chi connectivity index (χ1v) is 5.71. The molecule has 0 aromatic heterocycles. The zero-order valence-electron chi connectivity index (χ0n) is 6.63. The van der Waals surface area contributed by atoms with Crippen LogP contribution in [0.4, 0.5) is 0 Å². The number of allylic oxidation sites excluding steroid dienone is 1. The predicted molar refractivity (Wildman–Crippen MR) is 61.8 cm³/mol. The van der Waals surface area contributed by atoms with Gasteiger partial charge in [0.2, 0.25) is 0 Å². The van der Waals surface area contributed by atoms with Crippen molar-refractivity contribution in [2.24, 2.45) is 0 Å². The smallest absolute Gasteiger partial charge is 0.00769 e. The van der Waals surface area contributed by atoms with E-state index >= 15 is 0 Å². The van der Waals surface area contributed by atoms with Crippen LogP contribution in [0.25, 0.3) is 6.08 Å². The summed E-state index contributed by atoms with van der Waals surface area (Å²) in [4.78, 5) is 0. The van der Waals surface area contributed by atoms with Crippen molar-refractivity contribution in [1.29, 1.82) is 0 Å². The monoisotopic (exact) mass is 288 g/mol. The molecule has 0 aliphatic carbocycles. The summed E-state index contributed by atoms with van der Waals surface area (Å²) in [5.74, 6) is 0. The molecule has 0 saturated carbocycles. The van der Waals surface area contributed by atoms with E-state index in [1.165, 1.54) is 10.0 Å². The molecule has 0 nitrogen and oxygen atoms in total. The van der Waals surface area contributed by atoms with Crippen LogP contribution in [-0.4, -0.2) is 5.33 Å². The molecule has 0 heterocycles. The molecule has 12 heavy (non-hydrogen) atoms. The molecule has 0 aliphatic rings. The Kier molecular flexibility index (Phi) is 4.62. The van der Waals surface area contributed by atoms with Crippen molar-refractivity contribution in [3.63, 3.8) is 0 Å². The minimum atomic E-state index is 0.997. The molecule has 1 aromatic rings. The molecule has 0 aliphatic heterocycles. The van der Waals surface area contributed by atoms with Crippen LogP contribution in [0.1, 0.15) is 12.0 Å². The van der Waals surface area contributed by atoms with Gasteiger partial charge in [-0.1, -0.05) is 62.2 Å². The van der Waals surface area contributed by atoms with Gasteiger partial charge in [0.25, 0.3) is 0 Å². The van der Waals surface area contributed by atoms with Gasteiger partial charge < -0.3 is 0 Å². The van der Waals surface area contributed by atoms with Gasteiger partial charge in [-0.25, -0.2) is 0 Å². The topological polar surface area (TPSA) is 0 Å². The largest absolute Gasteiger partial charge is 0.0924 e. The van der Waals surface area contributed by atoms with Crippen molar-refractivity contribution >= 4 is 37.9 Å². The summed E-state index contributed by atoms with van der Waals surface area (Å²) in [5, 5.41) is 0.997. The molecule has 0 spiro atoms. The Hall–Kier alpha value is -0.0800. The molecule has 1 rings (SSSR count). The quantitative estimate of drug-likeness (QED) is 0.732. The van der Waals surface area contributed by atoms with Crippen LogP contribution in [0, 0.1) is 0 Å². The van der Waals surface area contributed by atoms with E-state index in [1.54, 1.807) is 0 Å². The van der Waals surface area contributed by atoms with E-state index in [4.69, 9.17) is 0 Å². The second-order valence-electron chi connectivity index (χ2n) is 2.44. The fourth-order valence-electron chi connectivity index (χ4n) is 0.893. The zero-order chi connectivity index (χ0) is 8.81. The van der Waals surface area contributed by atoms with Crippen LogP contribution in [-0.2, 0) is 0 Å². The first-order chi connectivity index (χ1) is 5.83. The van der Waals surface area contributed by atoms with E-state index in [-0.39, 0.29) is 0 Å². The SMILES string of the molecule is BrCC/C(Br)=C/c1ccccc1. The van der Waals surface area contributed by atoms with Gasteiger partial charge in [-0.3, -0.25) is 0 Å². The van der Waals surface area contributed by atoms with Crippen molar-refractivity contribution in [3.05, 3.63) is 40.4 Å². The molecule has 0 atom stereocenters. The summed E-state index contributed by atoms with van der Waals surface area (Å²) >= 11 is 6.90. The average molecular weight is 290 g/mol. The molecule has 2 heteroatoms. The van der Waals surface area contributed by atoms with E-state index in [1.807, 2.05) is 18.2 Å². The van der Waals surface area contributed by atoms with Crippen molar-refractivity contribution < 1.29 is 0 Å². The minimum Gasteiger partial charge on any atom is -0.0924 e. The van der Waals surface area contributed by atoms with Crippen LogP contribution in [0.2, 0.25) is 0 Å². The Bertz CT molecular complexity index is 252. The first kappa shape index (κ1) is 10.0. The standard InChI is InChI=1S/C10H10Br2/c11-7-6-10(12)8-9-4-2-1-3-5-9/h1-5,8H,6-7H2/b10-8-. The van der Waals surface area contributed by atoms with Gasteiger partial charge in [-0.05, 0) is 22.5 Å². The lowest BCUT2D eigenvalue weighted by atomic mass is 10.2. The molecular formula is C10H10Br2. The fourth-order valence-corrected chi connectivity index (χ4v) is 2.31. The van der Waals surface area contributed by atoms with Gasteiger partial charge >= 0.3 is 0 Å². The Morgan fingerprint density at radius 1 is 1.25 bits per heavy atom. The summed E-state index contributed by atoms with van der Waals surface area (Å²) in [6.07, 6.45) is 3.18. The van der Waals surface area contributed by atoms with Crippen molar-refractivity contribution in [2.45, 2.75) is 6.42 Å². The Morgan fingerprint density at radius 2 is 1.92 bits per heavy atom. The summed E-state index contributed by atoms with van der Waals surface area (Å²) in [6.45, 7) is 0. The van der Waals surface area contributed by atoms with Gasteiger partial charge in [0.05, 0.1) is 0 Å². The van der Waals surface area contributed by atoms with E-state index in [9.17, 15) is 0 Å². The maximum atomic E-state index is 3.51. The number of rotatable bonds is 3. The maximum absolute atomic E-state index is 3.51. The highest BCUT2D eigenvalue weighted by molar-refractivity contribution is 9.12. The fraction of sp³-hybridized carbons (Fsp3) is 0.200. The van der Waals surface area contributed by atoms with Crippen molar-refractivity contribution in [1.82, 2.24) is 0 Å². The Morgan fingerprint density at radius 3 is 2.50 bits per heavy atom. The van der Waals surface area contributed by atoms with Gasteiger partial charge in [0, 0.05) is 5.33 Å². The summed E-state index contributed by atoms with van der Waals surface area (Å²) in [7, 11) is 0. The number of hydrogen-bond donors (Lipinski definition) is 0. The molecule has 0 bridgehead atoms. The number of benzene rings is 1. The van der Waals surface area contributed by atoms with E-state index in [0.29, 0.717) is 0 Å². The molecule has 0 radical (unpaired) electrons. The zero-order valence-corrected chi connectivity index (χ0v) is 9.81. The molecule has 0 fully saturated rings. The molecule has 1 aromatic carbocycles. The number of hydrogen-bond acceptors (Lipinski definition) is 0. The second-order valence-corrected chi connectivity index (χ2v) is 4.25. The molecule has 0 N–H and O–H groups in total. The summed E-state index contributed by atoms with van der Waals surface area (Å²) in [5.41, 5.74) is 1.24. The Balaban J connectivity index is 2.67. The second kappa shape index (κ2) is 5.55. The highest BCUT2D eigenvalue weighted by Gasteiger charge is 1.90. The lowest BCUT2D eigenvalue weighted by Crippen LogP contribution is -1.75. The Labute approximate surface area is 89.9 Å². The first-order valence-electron chi connectivity index (χ1n) is 3.80. The minimum absolute atomic E-state index is 0.997. The third kappa shape index (κ3) is 3.55. The van der Waals surface area contributed by atoms with Crippen LogP contribution in [0.15, 0.2) is 34.8 Å². The molecule has 0 amide bonds.